The van der Waals surface area contributed by atoms with Gasteiger partial charge in [0.2, 0.25) is 23.5 Å². The third kappa shape index (κ3) is 5.48. The van der Waals surface area contributed by atoms with Gasteiger partial charge in [-0.1, -0.05) is 49.6 Å². The molecule has 0 spiro atoms. The zero-order chi connectivity index (χ0) is 24.9. The van der Waals surface area contributed by atoms with E-state index >= 15 is 0 Å². The highest BCUT2D eigenvalue weighted by Gasteiger charge is 2.41. The maximum absolute atomic E-state index is 13.9. The van der Waals surface area contributed by atoms with E-state index in [-0.39, 0.29) is 41.3 Å². The highest BCUT2D eigenvalue weighted by atomic mass is 16.4. The lowest BCUT2D eigenvalue weighted by molar-refractivity contribution is -0.140. The van der Waals surface area contributed by atoms with Crippen LogP contribution in [0.25, 0.3) is 0 Å². The van der Waals surface area contributed by atoms with Crippen molar-refractivity contribution >= 4 is 17.6 Å². The lowest BCUT2D eigenvalue weighted by atomic mass is 9.83. The van der Waals surface area contributed by atoms with E-state index in [1.54, 1.807) is 37.9 Å². The van der Waals surface area contributed by atoms with Crippen molar-refractivity contribution in [3.05, 3.63) is 53.2 Å². The number of ketones is 1. The maximum Gasteiger partial charge on any atom is 0.246 e. The second-order valence-corrected chi connectivity index (χ2v) is 9.74. The number of likely N-dealkylation sites (tertiary alicyclic amines) is 1. The van der Waals surface area contributed by atoms with Gasteiger partial charge in [0.1, 0.15) is 17.8 Å². The van der Waals surface area contributed by atoms with Crippen LogP contribution in [0.1, 0.15) is 85.6 Å². The van der Waals surface area contributed by atoms with Crippen molar-refractivity contribution < 1.29 is 18.8 Å². The maximum atomic E-state index is 13.9. The van der Waals surface area contributed by atoms with E-state index < -0.39 is 6.04 Å². The van der Waals surface area contributed by atoms with E-state index in [0.29, 0.717) is 30.2 Å². The molecule has 188 valence electrons. The largest absolute Gasteiger partial charge is 0.443 e. The topological polar surface area (TPSA) is 105 Å². The molecule has 2 aliphatic rings. The fourth-order valence-electron chi connectivity index (χ4n) is 5.22. The van der Waals surface area contributed by atoms with E-state index in [0.717, 1.165) is 32.1 Å². The van der Waals surface area contributed by atoms with Crippen molar-refractivity contribution in [2.45, 2.75) is 76.9 Å². The zero-order valence-corrected chi connectivity index (χ0v) is 20.9. The minimum absolute atomic E-state index is 0.0807. The second-order valence-electron chi connectivity index (χ2n) is 9.74. The summed E-state index contributed by atoms with van der Waals surface area (Å²) in [5, 5.41) is 6.00. The number of oxazole rings is 1. The highest BCUT2D eigenvalue weighted by molar-refractivity contribution is 6.08. The number of carbonyl (C=O) groups is 3. The zero-order valence-electron chi connectivity index (χ0n) is 20.9. The van der Waals surface area contributed by atoms with Crippen molar-refractivity contribution in [2.24, 2.45) is 5.92 Å². The smallest absolute Gasteiger partial charge is 0.246 e. The average molecular weight is 481 g/mol. The molecule has 2 N–H and O–H groups in total. The van der Waals surface area contributed by atoms with Crippen molar-refractivity contribution in [1.82, 2.24) is 20.5 Å². The van der Waals surface area contributed by atoms with Gasteiger partial charge in [-0.3, -0.25) is 14.4 Å². The molecule has 1 saturated heterocycles. The Hall–Kier alpha value is -3.00. The molecule has 8 nitrogen and oxygen atoms in total. The Kier molecular flexibility index (Phi) is 8.00. The number of benzene rings is 1. The van der Waals surface area contributed by atoms with Gasteiger partial charge in [-0.05, 0) is 52.5 Å². The number of hydrogen-bond donors (Lipinski definition) is 2. The highest BCUT2D eigenvalue weighted by Crippen LogP contribution is 2.35. The number of hydrogen-bond acceptors (Lipinski definition) is 6. The Morgan fingerprint density at radius 1 is 1.06 bits per heavy atom. The first-order valence-corrected chi connectivity index (χ1v) is 12.8. The summed E-state index contributed by atoms with van der Waals surface area (Å²) in [4.78, 5) is 46.0. The SMILES string of the molecule is CNC(C)C(=O)N[C@H](C(=O)N1CCCC1c1nc(C(=O)c2ccccc2)c(C)o1)C1CCCCC1. The first-order valence-electron chi connectivity index (χ1n) is 12.8. The molecule has 1 aliphatic heterocycles. The quantitative estimate of drug-likeness (QED) is 0.560. The van der Waals surface area contributed by atoms with E-state index in [1.165, 1.54) is 6.42 Å². The van der Waals surface area contributed by atoms with Gasteiger partial charge in [-0.2, -0.15) is 0 Å². The first-order chi connectivity index (χ1) is 16.9. The normalized spacial score (nSPS) is 20.4. The van der Waals surface area contributed by atoms with Crippen LogP contribution >= 0.6 is 0 Å². The third-order valence-electron chi connectivity index (χ3n) is 7.40. The Morgan fingerprint density at radius 3 is 2.46 bits per heavy atom. The molecule has 35 heavy (non-hydrogen) atoms. The molecule has 1 aliphatic carbocycles. The minimum Gasteiger partial charge on any atom is -0.443 e. The summed E-state index contributed by atoms with van der Waals surface area (Å²) >= 11 is 0. The Morgan fingerprint density at radius 2 is 1.77 bits per heavy atom. The molecule has 2 unspecified atom stereocenters. The molecule has 2 aromatic rings. The second kappa shape index (κ2) is 11.2. The molecule has 8 heteroatoms. The van der Waals surface area contributed by atoms with Gasteiger partial charge in [-0.25, -0.2) is 4.98 Å². The summed E-state index contributed by atoms with van der Waals surface area (Å²) in [5.41, 5.74) is 0.832. The van der Waals surface area contributed by atoms with Crippen LogP contribution in [0.4, 0.5) is 0 Å². The van der Waals surface area contributed by atoms with Gasteiger partial charge >= 0.3 is 0 Å². The number of aromatic nitrogens is 1. The number of rotatable bonds is 8. The van der Waals surface area contributed by atoms with Gasteiger partial charge in [0.15, 0.2) is 5.69 Å². The van der Waals surface area contributed by atoms with Gasteiger partial charge in [0, 0.05) is 12.1 Å². The van der Waals surface area contributed by atoms with Crippen LogP contribution in [0.15, 0.2) is 34.7 Å². The Bertz CT molecular complexity index is 1040. The van der Waals surface area contributed by atoms with Crippen LogP contribution in [-0.4, -0.2) is 53.2 Å². The van der Waals surface area contributed by atoms with Gasteiger partial charge in [0.05, 0.1) is 6.04 Å². The van der Waals surface area contributed by atoms with E-state index in [9.17, 15) is 14.4 Å². The predicted molar refractivity (Wildman–Crippen MR) is 132 cm³/mol. The van der Waals surface area contributed by atoms with E-state index in [1.807, 2.05) is 18.2 Å². The molecule has 4 rings (SSSR count). The van der Waals surface area contributed by atoms with Crippen LogP contribution in [0.5, 0.6) is 0 Å². The molecular formula is C27H36N4O4. The standard InChI is InChI=1S/C27H36N4O4/c1-17(28-3)25(33)29-23(19-11-6-4-7-12-19)27(34)31-16-10-15-21(31)26-30-22(18(2)35-26)24(32)20-13-8-5-9-14-20/h5,8-9,13-14,17,19,21,23,28H,4,6-7,10-12,15-16H2,1-3H3,(H,29,33)/t17?,21?,23-/m0/s1. The molecule has 3 atom stereocenters. The summed E-state index contributed by atoms with van der Waals surface area (Å²) in [7, 11) is 1.73. The summed E-state index contributed by atoms with van der Waals surface area (Å²) in [5.74, 6) is 0.519. The lowest BCUT2D eigenvalue weighted by Crippen LogP contribution is -2.55. The van der Waals surface area contributed by atoms with Crippen LogP contribution in [0.3, 0.4) is 0 Å². The fourth-order valence-corrected chi connectivity index (χ4v) is 5.22. The van der Waals surface area contributed by atoms with Gasteiger partial charge in [0.25, 0.3) is 0 Å². The van der Waals surface area contributed by atoms with E-state index in [2.05, 4.69) is 15.6 Å². The van der Waals surface area contributed by atoms with Crippen LogP contribution in [0.2, 0.25) is 0 Å². The first kappa shape index (κ1) is 25.1. The molecular weight excluding hydrogens is 444 g/mol. The predicted octanol–water partition coefficient (Wildman–Crippen LogP) is 3.55. The number of carbonyl (C=O) groups excluding carboxylic acids is 3. The number of nitrogens with one attached hydrogen (secondary N) is 2. The van der Waals surface area contributed by atoms with Crippen molar-refractivity contribution in [2.75, 3.05) is 13.6 Å². The number of amides is 2. The van der Waals surface area contributed by atoms with E-state index in [4.69, 9.17) is 4.42 Å². The monoisotopic (exact) mass is 480 g/mol. The summed E-state index contributed by atoms with van der Waals surface area (Å²) in [6.45, 7) is 4.10. The van der Waals surface area contributed by atoms with Crippen molar-refractivity contribution in [3.8, 4) is 0 Å². The summed E-state index contributed by atoms with van der Waals surface area (Å²) in [6.07, 6.45) is 6.69. The Labute approximate surface area is 206 Å². The van der Waals surface area contributed by atoms with Crippen LogP contribution in [0, 0.1) is 12.8 Å². The summed E-state index contributed by atoms with van der Waals surface area (Å²) in [6, 6.07) is 7.70. The molecule has 0 radical (unpaired) electrons. The van der Waals surface area contributed by atoms with Gasteiger partial charge in [-0.15, -0.1) is 0 Å². The van der Waals surface area contributed by atoms with Crippen LogP contribution in [-0.2, 0) is 9.59 Å². The van der Waals surface area contributed by atoms with Gasteiger partial charge < -0.3 is 20.0 Å². The molecule has 2 amide bonds. The molecule has 2 fully saturated rings. The molecule has 1 aromatic heterocycles. The molecule has 0 bridgehead atoms. The average Bonchev–Trinajstić information content (AvgIpc) is 3.53. The number of nitrogens with zero attached hydrogens (tertiary/aromatic N) is 2. The summed E-state index contributed by atoms with van der Waals surface area (Å²) < 4.78 is 5.96. The number of aryl methyl sites for hydroxylation is 1. The minimum atomic E-state index is -0.569. The molecule has 1 aromatic carbocycles. The fraction of sp³-hybridized carbons (Fsp3) is 0.556. The van der Waals surface area contributed by atoms with Crippen LogP contribution < -0.4 is 10.6 Å². The number of likely N-dealkylation sites (N-methyl/N-ethyl adjacent to an activating group) is 1. The Balaban J connectivity index is 1.57. The van der Waals surface area contributed by atoms with Crippen molar-refractivity contribution in [1.29, 1.82) is 0 Å². The third-order valence-corrected chi connectivity index (χ3v) is 7.40. The van der Waals surface area contributed by atoms with Crippen molar-refractivity contribution in [3.63, 3.8) is 0 Å². The molecule has 1 saturated carbocycles. The lowest BCUT2D eigenvalue weighted by Gasteiger charge is -2.34. The molecule has 2 heterocycles.